The van der Waals surface area contributed by atoms with Gasteiger partial charge in [-0.2, -0.15) is 13.2 Å². The molecule has 1 aromatic rings. The summed E-state index contributed by atoms with van der Waals surface area (Å²) in [4.78, 5) is 15.2. The highest BCUT2D eigenvalue weighted by Gasteiger charge is 2.28. The molecule has 0 spiro atoms. The fourth-order valence-corrected chi connectivity index (χ4v) is 1.52. The smallest absolute Gasteiger partial charge is 0.422 e. The molecular formula is C16H21F3N2O3. The number of nitrogens with zero attached hydrogens (tertiary/aromatic N) is 1. The van der Waals surface area contributed by atoms with Gasteiger partial charge in [-0.05, 0) is 38.8 Å². The van der Waals surface area contributed by atoms with Gasteiger partial charge in [0.2, 0.25) is 5.88 Å². The minimum atomic E-state index is -4.39. The first kappa shape index (κ1) is 19.8. The van der Waals surface area contributed by atoms with Crippen molar-refractivity contribution in [3.8, 4) is 5.88 Å². The van der Waals surface area contributed by atoms with Crippen LogP contribution in [0.25, 0.3) is 6.08 Å². The molecule has 24 heavy (non-hydrogen) atoms. The van der Waals surface area contributed by atoms with Crippen molar-refractivity contribution in [1.82, 2.24) is 10.3 Å². The molecule has 1 N–H and O–H groups in total. The first-order valence-electron chi connectivity index (χ1n) is 7.34. The molecule has 0 aliphatic carbocycles. The number of amides is 1. The zero-order valence-corrected chi connectivity index (χ0v) is 13.8. The van der Waals surface area contributed by atoms with Gasteiger partial charge in [0.05, 0.1) is 0 Å². The van der Waals surface area contributed by atoms with Crippen molar-refractivity contribution in [3.05, 3.63) is 30.0 Å². The molecule has 0 bridgehead atoms. The lowest BCUT2D eigenvalue weighted by molar-refractivity contribution is -0.154. The summed E-state index contributed by atoms with van der Waals surface area (Å²) in [6.45, 7) is 4.38. The van der Waals surface area contributed by atoms with Crippen molar-refractivity contribution in [2.75, 3.05) is 13.2 Å². The van der Waals surface area contributed by atoms with E-state index < -0.39 is 24.5 Å². The summed E-state index contributed by atoms with van der Waals surface area (Å²) in [6.07, 6.45) is 0.669. The summed E-state index contributed by atoms with van der Waals surface area (Å²) in [5.41, 5.74) is 0.174. The predicted octanol–water partition coefficient (Wildman–Crippen LogP) is 3.95. The number of rotatable bonds is 6. The van der Waals surface area contributed by atoms with Gasteiger partial charge >= 0.3 is 12.3 Å². The molecule has 5 nitrogen and oxygen atoms in total. The fraction of sp³-hybridized carbons (Fsp3) is 0.500. The Morgan fingerprint density at radius 1 is 1.29 bits per heavy atom. The van der Waals surface area contributed by atoms with Crippen molar-refractivity contribution in [2.45, 2.75) is 39.0 Å². The fourth-order valence-electron chi connectivity index (χ4n) is 1.52. The Bertz CT molecular complexity index is 549. The summed E-state index contributed by atoms with van der Waals surface area (Å²) >= 11 is 0. The first-order chi connectivity index (χ1) is 11.1. The van der Waals surface area contributed by atoms with Crippen LogP contribution in [0.3, 0.4) is 0 Å². The second kappa shape index (κ2) is 8.56. The SMILES string of the molecule is CC(C)(C)OC(=O)NCCC=Cc1ccc(OCC(F)(F)F)nc1. The van der Waals surface area contributed by atoms with Crippen molar-refractivity contribution in [2.24, 2.45) is 0 Å². The lowest BCUT2D eigenvalue weighted by Crippen LogP contribution is -2.32. The molecule has 0 saturated heterocycles. The maximum Gasteiger partial charge on any atom is 0.422 e. The van der Waals surface area contributed by atoms with E-state index >= 15 is 0 Å². The van der Waals surface area contributed by atoms with Crippen molar-refractivity contribution < 1.29 is 27.4 Å². The second-order valence-electron chi connectivity index (χ2n) is 5.95. The summed E-state index contributed by atoms with van der Waals surface area (Å²) in [7, 11) is 0. The van der Waals surface area contributed by atoms with Gasteiger partial charge in [-0.15, -0.1) is 0 Å². The van der Waals surface area contributed by atoms with Gasteiger partial charge in [-0.1, -0.05) is 12.2 Å². The molecule has 0 fully saturated rings. The van der Waals surface area contributed by atoms with E-state index in [4.69, 9.17) is 4.74 Å². The van der Waals surface area contributed by atoms with E-state index in [0.29, 0.717) is 18.5 Å². The molecule has 1 aromatic heterocycles. The van der Waals surface area contributed by atoms with Gasteiger partial charge in [0, 0.05) is 18.8 Å². The molecule has 0 radical (unpaired) electrons. The lowest BCUT2D eigenvalue weighted by Gasteiger charge is -2.19. The Hall–Kier alpha value is -2.25. The quantitative estimate of drug-likeness (QED) is 0.793. The third-order valence-corrected chi connectivity index (χ3v) is 2.43. The maximum atomic E-state index is 12.0. The zero-order valence-electron chi connectivity index (χ0n) is 13.8. The van der Waals surface area contributed by atoms with Crippen LogP contribution in [0, 0.1) is 0 Å². The summed E-state index contributed by atoms with van der Waals surface area (Å²) in [5.74, 6) is -0.0870. The maximum absolute atomic E-state index is 12.0. The largest absolute Gasteiger partial charge is 0.468 e. The average Bonchev–Trinajstić information content (AvgIpc) is 2.43. The van der Waals surface area contributed by atoms with Crippen molar-refractivity contribution in [1.29, 1.82) is 0 Å². The van der Waals surface area contributed by atoms with Gasteiger partial charge in [0.25, 0.3) is 0 Å². The van der Waals surface area contributed by atoms with E-state index in [-0.39, 0.29) is 5.88 Å². The highest BCUT2D eigenvalue weighted by Crippen LogP contribution is 2.17. The first-order valence-corrected chi connectivity index (χ1v) is 7.34. The minimum Gasteiger partial charge on any atom is -0.468 e. The van der Waals surface area contributed by atoms with E-state index in [1.54, 1.807) is 32.9 Å². The number of hydrogen-bond acceptors (Lipinski definition) is 4. The van der Waals surface area contributed by atoms with E-state index in [0.717, 1.165) is 0 Å². The molecule has 0 aliphatic rings. The molecular weight excluding hydrogens is 325 g/mol. The van der Waals surface area contributed by atoms with Crippen LogP contribution in [0.4, 0.5) is 18.0 Å². The van der Waals surface area contributed by atoms with Crippen LogP contribution >= 0.6 is 0 Å². The van der Waals surface area contributed by atoms with Crippen LogP contribution in [-0.2, 0) is 4.74 Å². The van der Waals surface area contributed by atoms with E-state index in [1.165, 1.54) is 12.3 Å². The molecule has 1 amide bonds. The summed E-state index contributed by atoms with van der Waals surface area (Å²) < 4.78 is 45.6. The Kier molecular flexibility index (Phi) is 7.06. The molecule has 134 valence electrons. The monoisotopic (exact) mass is 346 g/mol. The number of nitrogens with one attached hydrogen (secondary N) is 1. The number of halogens is 3. The minimum absolute atomic E-state index is 0.0870. The third kappa shape index (κ3) is 9.70. The van der Waals surface area contributed by atoms with Gasteiger partial charge in [0.1, 0.15) is 5.60 Å². The van der Waals surface area contributed by atoms with Crippen LogP contribution in [0.1, 0.15) is 32.8 Å². The Labute approximate surface area is 138 Å². The number of alkyl carbamates (subject to hydrolysis) is 1. The third-order valence-electron chi connectivity index (χ3n) is 2.43. The van der Waals surface area contributed by atoms with E-state index in [9.17, 15) is 18.0 Å². The Morgan fingerprint density at radius 2 is 2.00 bits per heavy atom. The average molecular weight is 346 g/mol. The highest BCUT2D eigenvalue weighted by molar-refractivity contribution is 5.67. The topological polar surface area (TPSA) is 60.5 Å². The highest BCUT2D eigenvalue weighted by atomic mass is 19.4. The number of alkyl halides is 3. The van der Waals surface area contributed by atoms with E-state index in [1.807, 2.05) is 6.08 Å². The van der Waals surface area contributed by atoms with E-state index in [2.05, 4.69) is 15.0 Å². The molecule has 0 aromatic carbocycles. The van der Waals surface area contributed by atoms with Crippen molar-refractivity contribution in [3.63, 3.8) is 0 Å². The Balaban J connectivity index is 2.31. The number of carbonyl (C=O) groups is 1. The van der Waals surface area contributed by atoms with Crippen molar-refractivity contribution >= 4 is 12.2 Å². The lowest BCUT2D eigenvalue weighted by atomic mass is 10.2. The molecule has 0 saturated carbocycles. The number of aromatic nitrogens is 1. The standard InChI is InChI=1S/C16H21F3N2O3/c1-15(2,3)24-14(22)20-9-5-4-6-12-7-8-13(21-10-12)23-11-16(17,18)19/h4,6-8,10H,5,9,11H2,1-3H3,(H,20,22). The molecule has 1 rings (SSSR count). The molecule has 1 heterocycles. The zero-order chi connectivity index (χ0) is 18.2. The summed E-state index contributed by atoms with van der Waals surface area (Å²) in [6, 6.07) is 2.96. The van der Waals surface area contributed by atoms with Crippen LogP contribution in [0.2, 0.25) is 0 Å². The second-order valence-corrected chi connectivity index (χ2v) is 5.95. The van der Waals surface area contributed by atoms with Crippen LogP contribution < -0.4 is 10.1 Å². The van der Waals surface area contributed by atoms with Crippen LogP contribution in [0.5, 0.6) is 5.88 Å². The predicted molar refractivity (Wildman–Crippen MR) is 83.7 cm³/mol. The molecule has 0 atom stereocenters. The summed E-state index contributed by atoms with van der Waals surface area (Å²) in [5, 5.41) is 2.61. The molecule has 8 heteroatoms. The number of hydrogen-bond donors (Lipinski definition) is 1. The van der Waals surface area contributed by atoms with Gasteiger partial charge < -0.3 is 14.8 Å². The van der Waals surface area contributed by atoms with Crippen LogP contribution in [-0.4, -0.2) is 36.0 Å². The Morgan fingerprint density at radius 3 is 2.54 bits per heavy atom. The number of carbonyl (C=O) groups excluding carboxylic acids is 1. The molecule has 0 aliphatic heterocycles. The van der Waals surface area contributed by atoms with Gasteiger partial charge in [-0.25, -0.2) is 9.78 Å². The number of pyridine rings is 1. The van der Waals surface area contributed by atoms with Gasteiger partial charge in [-0.3, -0.25) is 0 Å². The van der Waals surface area contributed by atoms with Gasteiger partial charge in [0.15, 0.2) is 6.61 Å². The van der Waals surface area contributed by atoms with Crippen LogP contribution in [0.15, 0.2) is 24.4 Å². The number of ether oxygens (including phenoxy) is 2. The molecule has 0 unspecified atom stereocenters. The normalized spacial score (nSPS) is 12.2.